The molecule has 10 heteroatoms. The van der Waals surface area contributed by atoms with E-state index in [9.17, 15) is 13.2 Å². The predicted molar refractivity (Wildman–Crippen MR) is 108 cm³/mol. The minimum absolute atomic E-state index is 0.121. The van der Waals surface area contributed by atoms with Gasteiger partial charge < -0.3 is 10.1 Å². The van der Waals surface area contributed by atoms with Crippen LogP contribution < -0.4 is 14.8 Å². The van der Waals surface area contributed by atoms with E-state index in [2.05, 4.69) is 20.0 Å². The number of benzene rings is 1. The Morgan fingerprint density at radius 3 is 2.43 bits per heavy atom. The van der Waals surface area contributed by atoms with Crippen molar-refractivity contribution in [3.05, 3.63) is 48.3 Å². The molecule has 0 saturated carbocycles. The third-order valence-electron chi connectivity index (χ3n) is 3.70. The highest BCUT2D eigenvalue weighted by Crippen LogP contribution is 2.32. The Hall–Kier alpha value is -2.98. The van der Waals surface area contributed by atoms with Gasteiger partial charge in [-0.15, -0.1) is 0 Å². The molecule has 0 saturated heterocycles. The molecule has 0 aliphatic carbocycles. The summed E-state index contributed by atoms with van der Waals surface area (Å²) in [5, 5.41) is 3.14. The smallest absolute Gasteiger partial charge is 0.261 e. The van der Waals surface area contributed by atoms with Gasteiger partial charge in [-0.05, 0) is 43.3 Å². The topological polar surface area (TPSA) is 110 Å². The quantitative estimate of drug-likeness (QED) is 0.636. The summed E-state index contributed by atoms with van der Waals surface area (Å²) in [4.78, 5) is 20.7. The zero-order valence-corrected chi connectivity index (χ0v) is 17.0. The molecule has 2 aromatic heterocycles. The Labute approximate surface area is 166 Å². The molecule has 0 aliphatic heterocycles. The van der Waals surface area contributed by atoms with Crippen LogP contribution in [-0.4, -0.2) is 31.4 Å². The monoisotopic (exact) mass is 418 g/mol. The van der Waals surface area contributed by atoms with Crippen molar-refractivity contribution in [1.29, 1.82) is 0 Å². The summed E-state index contributed by atoms with van der Waals surface area (Å²) in [6, 6.07) is 9.41. The van der Waals surface area contributed by atoms with Crippen molar-refractivity contribution in [1.82, 2.24) is 9.97 Å². The molecule has 146 valence electrons. The molecule has 2 N–H and O–H groups in total. The van der Waals surface area contributed by atoms with E-state index in [0.29, 0.717) is 22.3 Å². The van der Waals surface area contributed by atoms with Gasteiger partial charge in [0.2, 0.25) is 5.91 Å². The second-order valence-corrected chi connectivity index (χ2v) is 8.51. The van der Waals surface area contributed by atoms with Gasteiger partial charge in [0.1, 0.15) is 5.75 Å². The van der Waals surface area contributed by atoms with Crippen molar-refractivity contribution in [2.75, 3.05) is 17.1 Å². The number of hydrogen-bond acceptors (Lipinski definition) is 7. The van der Waals surface area contributed by atoms with Gasteiger partial charge in [0, 0.05) is 6.92 Å². The number of rotatable bonds is 6. The van der Waals surface area contributed by atoms with E-state index in [-0.39, 0.29) is 10.8 Å². The van der Waals surface area contributed by atoms with Crippen LogP contribution in [0.3, 0.4) is 0 Å². The highest BCUT2D eigenvalue weighted by atomic mass is 32.2. The fourth-order valence-electron chi connectivity index (χ4n) is 2.40. The van der Waals surface area contributed by atoms with Crippen molar-refractivity contribution in [2.24, 2.45) is 0 Å². The van der Waals surface area contributed by atoms with E-state index in [1.807, 2.05) is 6.92 Å². The van der Waals surface area contributed by atoms with Crippen molar-refractivity contribution < 1.29 is 17.9 Å². The maximum absolute atomic E-state index is 12.5. The van der Waals surface area contributed by atoms with Crippen LogP contribution in [0.25, 0.3) is 10.6 Å². The molecule has 0 unspecified atom stereocenters. The first-order valence-corrected chi connectivity index (χ1v) is 10.5. The summed E-state index contributed by atoms with van der Waals surface area (Å²) in [6.45, 7) is 3.23. The molecule has 3 rings (SSSR count). The number of methoxy groups -OCH3 is 1. The van der Waals surface area contributed by atoms with E-state index in [1.54, 1.807) is 24.3 Å². The fraction of sp³-hybridized carbons (Fsp3) is 0.167. The first kappa shape index (κ1) is 19.8. The number of ether oxygens (including phenoxy) is 1. The van der Waals surface area contributed by atoms with E-state index >= 15 is 0 Å². The lowest BCUT2D eigenvalue weighted by molar-refractivity contribution is -0.114. The average Bonchev–Trinajstić information content (AvgIpc) is 3.01. The number of aromatic nitrogens is 2. The molecule has 3 aromatic rings. The Bertz CT molecular complexity index is 1090. The van der Waals surface area contributed by atoms with Crippen LogP contribution >= 0.6 is 11.3 Å². The number of nitrogens with zero attached hydrogens (tertiary/aromatic N) is 2. The number of nitrogens with one attached hydrogen (secondary N) is 2. The fourth-order valence-corrected chi connectivity index (χ4v) is 4.43. The van der Waals surface area contributed by atoms with Crippen molar-refractivity contribution >= 4 is 38.1 Å². The number of aryl methyl sites for hydroxylation is 1. The molecule has 1 amide bonds. The first-order valence-electron chi connectivity index (χ1n) is 8.17. The molecule has 0 atom stereocenters. The summed E-state index contributed by atoms with van der Waals surface area (Å²) >= 11 is 1.30. The molecule has 0 fully saturated rings. The largest absolute Gasteiger partial charge is 0.497 e. The van der Waals surface area contributed by atoms with E-state index in [0.717, 1.165) is 10.6 Å². The molecule has 8 nitrogen and oxygen atoms in total. The van der Waals surface area contributed by atoms with Crippen molar-refractivity contribution in [3.63, 3.8) is 0 Å². The lowest BCUT2D eigenvalue weighted by Gasteiger charge is -2.09. The second-order valence-electron chi connectivity index (χ2n) is 5.83. The van der Waals surface area contributed by atoms with Crippen molar-refractivity contribution in [3.8, 4) is 16.3 Å². The number of carbonyl (C=O) groups is 1. The Morgan fingerprint density at radius 2 is 1.86 bits per heavy atom. The van der Waals surface area contributed by atoms with Gasteiger partial charge >= 0.3 is 0 Å². The predicted octanol–water partition coefficient (Wildman–Crippen LogP) is 3.28. The van der Waals surface area contributed by atoms with Crippen LogP contribution in [-0.2, 0) is 14.8 Å². The molecule has 2 heterocycles. The number of hydrogen-bond donors (Lipinski definition) is 2. The van der Waals surface area contributed by atoms with E-state index < -0.39 is 10.0 Å². The molecule has 0 radical (unpaired) electrons. The number of sulfonamides is 1. The Kier molecular flexibility index (Phi) is 5.61. The minimum atomic E-state index is -3.74. The third-order valence-corrected chi connectivity index (χ3v) is 6.19. The van der Waals surface area contributed by atoms with Crippen LogP contribution in [0.1, 0.15) is 12.6 Å². The normalized spacial score (nSPS) is 11.1. The number of anilines is 2. The number of thiazole rings is 1. The van der Waals surface area contributed by atoms with Crippen LogP contribution in [0.5, 0.6) is 5.75 Å². The summed E-state index contributed by atoms with van der Waals surface area (Å²) in [5.74, 6) is 0.375. The van der Waals surface area contributed by atoms with Gasteiger partial charge in [0.15, 0.2) is 5.13 Å². The van der Waals surface area contributed by atoms with Gasteiger partial charge in [0.05, 0.1) is 40.2 Å². The highest BCUT2D eigenvalue weighted by Gasteiger charge is 2.16. The van der Waals surface area contributed by atoms with E-state index in [4.69, 9.17) is 4.74 Å². The number of carbonyl (C=O) groups excluding carboxylic acids is 1. The second kappa shape index (κ2) is 7.95. The molecular weight excluding hydrogens is 400 g/mol. The molecule has 0 aliphatic rings. The van der Waals surface area contributed by atoms with Gasteiger partial charge in [-0.25, -0.2) is 13.4 Å². The van der Waals surface area contributed by atoms with Gasteiger partial charge in [0.25, 0.3) is 10.0 Å². The number of pyridine rings is 1. The van der Waals surface area contributed by atoms with Crippen LogP contribution in [0, 0.1) is 6.92 Å². The SMILES string of the molecule is COc1ccc(S(=O)(=O)Nc2ccc(-c3sc(NC(C)=O)nc3C)nc2)cc1. The summed E-state index contributed by atoms with van der Waals surface area (Å²) in [7, 11) is -2.22. The lowest BCUT2D eigenvalue weighted by Crippen LogP contribution is -2.13. The molecule has 0 bridgehead atoms. The number of amides is 1. The zero-order valence-electron chi connectivity index (χ0n) is 15.4. The van der Waals surface area contributed by atoms with Crippen LogP contribution in [0.4, 0.5) is 10.8 Å². The average molecular weight is 419 g/mol. The summed E-state index contributed by atoms with van der Waals surface area (Å²) < 4.78 is 32.5. The van der Waals surface area contributed by atoms with Gasteiger partial charge in [-0.2, -0.15) is 0 Å². The maximum Gasteiger partial charge on any atom is 0.261 e. The van der Waals surface area contributed by atoms with Crippen LogP contribution in [0.2, 0.25) is 0 Å². The third kappa shape index (κ3) is 4.46. The first-order chi connectivity index (χ1) is 13.3. The minimum Gasteiger partial charge on any atom is -0.497 e. The Morgan fingerprint density at radius 1 is 1.14 bits per heavy atom. The molecular formula is C18H18N4O4S2. The summed E-state index contributed by atoms with van der Waals surface area (Å²) in [5.41, 5.74) is 1.70. The summed E-state index contributed by atoms with van der Waals surface area (Å²) in [6.07, 6.45) is 1.44. The van der Waals surface area contributed by atoms with Crippen molar-refractivity contribution in [2.45, 2.75) is 18.7 Å². The van der Waals surface area contributed by atoms with Crippen LogP contribution in [0.15, 0.2) is 47.5 Å². The van der Waals surface area contributed by atoms with Gasteiger partial charge in [-0.3, -0.25) is 14.5 Å². The molecule has 1 aromatic carbocycles. The molecule has 28 heavy (non-hydrogen) atoms. The van der Waals surface area contributed by atoms with Gasteiger partial charge in [-0.1, -0.05) is 11.3 Å². The Balaban J connectivity index is 1.79. The lowest BCUT2D eigenvalue weighted by atomic mass is 10.2. The highest BCUT2D eigenvalue weighted by molar-refractivity contribution is 7.92. The molecule has 0 spiro atoms. The zero-order chi connectivity index (χ0) is 20.3. The standard InChI is InChI=1S/C18H18N4O4S2/c1-11-17(27-18(20-11)21-12(2)23)16-9-4-13(10-19-16)22-28(24,25)15-7-5-14(26-3)6-8-15/h4-10,22H,1-3H3,(H,20,21,23). The van der Waals surface area contributed by atoms with E-state index in [1.165, 1.54) is 43.7 Å². The maximum atomic E-state index is 12.5.